The molecule has 4 nitrogen and oxygen atoms in total. The van der Waals surface area contributed by atoms with E-state index in [1.54, 1.807) is 6.08 Å². The lowest BCUT2D eigenvalue weighted by Gasteiger charge is -2.22. The zero-order chi connectivity index (χ0) is 16.2. The van der Waals surface area contributed by atoms with Crippen LogP contribution in [0.3, 0.4) is 0 Å². The van der Waals surface area contributed by atoms with Gasteiger partial charge in [-0.25, -0.2) is 0 Å². The van der Waals surface area contributed by atoms with Crippen LogP contribution in [0.25, 0.3) is 17.0 Å². The van der Waals surface area contributed by atoms with Crippen LogP contribution in [0, 0.1) is 18.3 Å². The van der Waals surface area contributed by atoms with Gasteiger partial charge in [-0.1, -0.05) is 37.5 Å². The fraction of sp³-hybridized carbons (Fsp3) is 0.368. The van der Waals surface area contributed by atoms with E-state index < -0.39 is 0 Å². The maximum absolute atomic E-state index is 12.4. The number of nitrogens with one attached hydrogen (secondary N) is 2. The zero-order valence-corrected chi connectivity index (χ0v) is 13.4. The van der Waals surface area contributed by atoms with Crippen molar-refractivity contribution in [3.05, 3.63) is 41.1 Å². The van der Waals surface area contributed by atoms with Crippen LogP contribution in [-0.2, 0) is 4.79 Å². The lowest BCUT2D eigenvalue weighted by atomic mass is 9.95. The third-order valence-corrected chi connectivity index (χ3v) is 4.54. The monoisotopic (exact) mass is 307 g/mol. The minimum atomic E-state index is -0.260. The quantitative estimate of drug-likeness (QED) is 0.668. The fourth-order valence-corrected chi connectivity index (χ4v) is 3.29. The summed E-state index contributed by atoms with van der Waals surface area (Å²) in [5.41, 5.74) is 3.06. The van der Waals surface area contributed by atoms with Gasteiger partial charge in [0.2, 0.25) is 0 Å². The maximum atomic E-state index is 12.4. The molecule has 1 aliphatic carbocycles. The topological polar surface area (TPSA) is 68.7 Å². The van der Waals surface area contributed by atoms with Gasteiger partial charge in [0, 0.05) is 28.2 Å². The molecule has 0 spiro atoms. The minimum Gasteiger partial charge on any atom is -0.358 e. The molecule has 4 heteroatoms. The standard InChI is InChI=1S/C19H21N3O/c1-13-17(16-9-5-6-10-18(16)21-13)11-14(12-20)19(23)22-15-7-3-2-4-8-15/h5-6,9-11,15,21H,2-4,7-8H2,1H3,(H,22,23)/b14-11-. The molecule has 0 atom stereocenters. The average molecular weight is 307 g/mol. The first kappa shape index (κ1) is 15.4. The largest absolute Gasteiger partial charge is 0.358 e. The van der Waals surface area contributed by atoms with Crippen LogP contribution in [-0.4, -0.2) is 16.9 Å². The van der Waals surface area contributed by atoms with E-state index in [4.69, 9.17) is 0 Å². The number of aryl methyl sites for hydroxylation is 1. The number of nitrogens with zero attached hydrogens (tertiary/aromatic N) is 1. The van der Waals surface area contributed by atoms with Gasteiger partial charge in [-0.05, 0) is 31.9 Å². The molecule has 1 aromatic heterocycles. The lowest BCUT2D eigenvalue weighted by Crippen LogP contribution is -2.36. The highest BCUT2D eigenvalue weighted by molar-refractivity contribution is 6.04. The molecule has 0 unspecified atom stereocenters. The molecule has 3 rings (SSSR count). The van der Waals surface area contributed by atoms with E-state index in [1.165, 1.54) is 6.42 Å². The van der Waals surface area contributed by atoms with Gasteiger partial charge in [-0.15, -0.1) is 0 Å². The molecule has 1 fully saturated rings. The van der Waals surface area contributed by atoms with E-state index in [0.717, 1.165) is 47.8 Å². The summed E-state index contributed by atoms with van der Waals surface area (Å²) in [6, 6.07) is 10.2. The molecule has 1 heterocycles. The van der Waals surface area contributed by atoms with Crippen molar-refractivity contribution in [1.29, 1.82) is 5.26 Å². The predicted molar refractivity (Wildman–Crippen MR) is 91.6 cm³/mol. The third-order valence-electron chi connectivity index (χ3n) is 4.54. The van der Waals surface area contributed by atoms with Crippen LogP contribution in [0.5, 0.6) is 0 Å². The van der Waals surface area contributed by atoms with E-state index in [2.05, 4.69) is 16.4 Å². The molecule has 1 amide bonds. The van der Waals surface area contributed by atoms with Gasteiger partial charge in [0.05, 0.1) is 0 Å². The number of carbonyl (C=O) groups is 1. The van der Waals surface area contributed by atoms with E-state index in [9.17, 15) is 10.1 Å². The lowest BCUT2D eigenvalue weighted by molar-refractivity contribution is -0.117. The molecule has 0 saturated heterocycles. The summed E-state index contributed by atoms with van der Waals surface area (Å²) in [5.74, 6) is -0.260. The fourth-order valence-electron chi connectivity index (χ4n) is 3.29. The number of aromatic amines is 1. The highest BCUT2D eigenvalue weighted by atomic mass is 16.1. The van der Waals surface area contributed by atoms with Crippen molar-refractivity contribution in [3.63, 3.8) is 0 Å². The Hall–Kier alpha value is -2.54. The van der Waals surface area contributed by atoms with Crippen molar-refractivity contribution < 1.29 is 4.79 Å². The number of benzene rings is 1. The molecule has 2 aromatic rings. The first-order chi connectivity index (χ1) is 11.2. The number of aromatic nitrogens is 1. The second-order valence-corrected chi connectivity index (χ2v) is 6.19. The molecule has 0 radical (unpaired) electrons. The van der Waals surface area contributed by atoms with E-state index in [0.29, 0.717) is 0 Å². The number of fused-ring (bicyclic) bond motifs is 1. The van der Waals surface area contributed by atoms with Crippen LogP contribution in [0.1, 0.15) is 43.4 Å². The normalized spacial score (nSPS) is 16.3. The number of nitriles is 1. The summed E-state index contributed by atoms with van der Waals surface area (Å²) in [6.45, 7) is 1.96. The number of hydrogen-bond acceptors (Lipinski definition) is 2. The van der Waals surface area contributed by atoms with Crippen LogP contribution in [0.15, 0.2) is 29.8 Å². The summed E-state index contributed by atoms with van der Waals surface area (Å²) in [6.07, 6.45) is 7.26. The highest BCUT2D eigenvalue weighted by Crippen LogP contribution is 2.24. The van der Waals surface area contributed by atoms with Crippen LogP contribution >= 0.6 is 0 Å². The Morgan fingerprint density at radius 3 is 2.78 bits per heavy atom. The molecule has 0 aliphatic heterocycles. The Morgan fingerprint density at radius 1 is 1.30 bits per heavy atom. The Kier molecular flexibility index (Phi) is 4.47. The van der Waals surface area contributed by atoms with Crippen molar-refractivity contribution in [3.8, 4) is 6.07 Å². The van der Waals surface area contributed by atoms with Gasteiger partial charge >= 0.3 is 0 Å². The van der Waals surface area contributed by atoms with Gasteiger partial charge in [0.15, 0.2) is 0 Å². The Balaban J connectivity index is 1.87. The minimum absolute atomic E-state index is 0.170. The average Bonchev–Trinajstić information content (AvgIpc) is 2.88. The van der Waals surface area contributed by atoms with E-state index in [1.807, 2.05) is 31.2 Å². The Labute approximate surface area is 136 Å². The van der Waals surface area contributed by atoms with Crippen LogP contribution in [0.2, 0.25) is 0 Å². The van der Waals surface area contributed by atoms with Gasteiger partial charge < -0.3 is 10.3 Å². The second-order valence-electron chi connectivity index (χ2n) is 6.19. The summed E-state index contributed by atoms with van der Waals surface area (Å²) < 4.78 is 0. The van der Waals surface area contributed by atoms with E-state index >= 15 is 0 Å². The molecule has 1 aromatic carbocycles. The second kappa shape index (κ2) is 6.70. The SMILES string of the molecule is Cc1[nH]c2ccccc2c1/C=C(/C#N)C(=O)NC1CCCCC1. The number of H-pyrrole nitrogens is 1. The molecular weight excluding hydrogens is 286 g/mol. The summed E-state index contributed by atoms with van der Waals surface area (Å²) in [7, 11) is 0. The number of amides is 1. The molecule has 0 bridgehead atoms. The van der Waals surface area contributed by atoms with Crippen molar-refractivity contribution in [2.75, 3.05) is 0 Å². The van der Waals surface area contributed by atoms with Crippen molar-refractivity contribution >= 4 is 22.9 Å². The smallest absolute Gasteiger partial charge is 0.262 e. The summed E-state index contributed by atoms with van der Waals surface area (Å²) in [4.78, 5) is 15.7. The molecule has 2 N–H and O–H groups in total. The van der Waals surface area contributed by atoms with Crippen molar-refractivity contribution in [2.24, 2.45) is 0 Å². The Bertz CT molecular complexity index is 789. The molecule has 23 heavy (non-hydrogen) atoms. The van der Waals surface area contributed by atoms with Crippen molar-refractivity contribution in [1.82, 2.24) is 10.3 Å². The van der Waals surface area contributed by atoms with Gasteiger partial charge in [-0.2, -0.15) is 5.26 Å². The third kappa shape index (κ3) is 3.29. The summed E-state index contributed by atoms with van der Waals surface area (Å²) >= 11 is 0. The first-order valence-corrected chi connectivity index (χ1v) is 8.19. The van der Waals surface area contributed by atoms with Gasteiger partial charge in [0.25, 0.3) is 5.91 Å². The number of rotatable bonds is 3. The zero-order valence-electron chi connectivity index (χ0n) is 13.4. The Morgan fingerprint density at radius 2 is 2.04 bits per heavy atom. The molecule has 1 aliphatic rings. The van der Waals surface area contributed by atoms with Gasteiger partial charge in [-0.3, -0.25) is 4.79 Å². The van der Waals surface area contributed by atoms with Crippen molar-refractivity contribution in [2.45, 2.75) is 45.1 Å². The first-order valence-electron chi connectivity index (χ1n) is 8.19. The van der Waals surface area contributed by atoms with Crippen LogP contribution < -0.4 is 5.32 Å². The number of carbonyl (C=O) groups excluding carboxylic acids is 1. The summed E-state index contributed by atoms with van der Waals surface area (Å²) in [5, 5.41) is 13.4. The predicted octanol–water partition coefficient (Wildman–Crippen LogP) is 3.83. The molecule has 1 saturated carbocycles. The highest BCUT2D eigenvalue weighted by Gasteiger charge is 2.18. The molecule has 118 valence electrons. The number of hydrogen-bond donors (Lipinski definition) is 2. The molecular formula is C19H21N3O. The van der Waals surface area contributed by atoms with Crippen LogP contribution in [0.4, 0.5) is 0 Å². The van der Waals surface area contributed by atoms with E-state index in [-0.39, 0.29) is 17.5 Å². The number of para-hydroxylation sites is 1. The maximum Gasteiger partial charge on any atom is 0.262 e. The van der Waals surface area contributed by atoms with Gasteiger partial charge in [0.1, 0.15) is 11.6 Å².